The molecule has 0 aromatic heterocycles. The topological polar surface area (TPSA) is 24.1 Å². The molecular formula is C14H20F2N2. The van der Waals surface area contributed by atoms with Crippen LogP contribution in [0.2, 0.25) is 0 Å². The summed E-state index contributed by atoms with van der Waals surface area (Å²) in [5.74, 6) is -0.903. The van der Waals surface area contributed by atoms with E-state index in [1.807, 2.05) is 0 Å². The van der Waals surface area contributed by atoms with Crippen LogP contribution in [0.3, 0.4) is 0 Å². The van der Waals surface area contributed by atoms with Crippen LogP contribution in [-0.2, 0) is 6.42 Å². The highest BCUT2D eigenvalue weighted by Crippen LogP contribution is 2.18. The van der Waals surface area contributed by atoms with Gasteiger partial charge >= 0.3 is 0 Å². The molecule has 0 saturated heterocycles. The highest BCUT2D eigenvalue weighted by atomic mass is 19.1. The van der Waals surface area contributed by atoms with Gasteiger partial charge in [0, 0.05) is 11.6 Å². The molecule has 18 heavy (non-hydrogen) atoms. The highest BCUT2D eigenvalue weighted by molar-refractivity contribution is 5.19. The molecule has 0 unspecified atom stereocenters. The molecule has 1 aromatic rings. The third-order valence-electron chi connectivity index (χ3n) is 3.15. The third-order valence-corrected chi connectivity index (χ3v) is 3.15. The number of rotatable bonds is 8. The van der Waals surface area contributed by atoms with Crippen LogP contribution in [0.1, 0.15) is 24.8 Å². The van der Waals surface area contributed by atoms with Crippen LogP contribution in [0.5, 0.6) is 0 Å². The second kappa shape index (κ2) is 6.81. The number of hydrogen-bond acceptors (Lipinski definition) is 2. The number of hydrogen-bond donors (Lipinski definition) is 2. The molecule has 0 radical (unpaired) electrons. The van der Waals surface area contributed by atoms with Crippen molar-refractivity contribution in [2.24, 2.45) is 0 Å². The second-order valence-corrected chi connectivity index (χ2v) is 4.78. The highest BCUT2D eigenvalue weighted by Gasteiger charge is 2.19. The number of nitrogens with one attached hydrogen (secondary N) is 2. The first-order chi connectivity index (χ1) is 8.77. The van der Waals surface area contributed by atoms with E-state index in [9.17, 15) is 8.78 Å². The van der Waals surface area contributed by atoms with Crippen molar-refractivity contribution in [3.8, 4) is 0 Å². The van der Waals surface area contributed by atoms with Gasteiger partial charge in [0.15, 0.2) is 0 Å². The Morgan fingerprint density at radius 1 is 1.06 bits per heavy atom. The first-order valence-corrected chi connectivity index (χ1v) is 6.64. The first kappa shape index (κ1) is 13.4. The monoisotopic (exact) mass is 254 g/mol. The Morgan fingerprint density at radius 2 is 1.78 bits per heavy atom. The van der Waals surface area contributed by atoms with Crippen LogP contribution >= 0.6 is 0 Å². The van der Waals surface area contributed by atoms with Gasteiger partial charge in [-0.05, 0) is 57.5 Å². The summed E-state index contributed by atoms with van der Waals surface area (Å²) >= 11 is 0. The summed E-state index contributed by atoms with van der Waals surface area (Å²) in [6.45, 7) is 2.52. The minimum absolute atomic E-state index is 0.182. The first-order valence-electron chi connectivity index (χ1n) is 6.64. The summed E-state index contributed by atoms with van der Waals surface area (Å²) in [6.07, 6.45) is 4.06. The molecule has 2 N–H and O–H groups in total. The summed E-state index contributed by atoms with van der Waals surface area (Å²) in [5.41, 5.74) is 0.182. The molecule has 0 atom stereocenters. The van der Waals surface area contributed by atoms with Crippen LogP contribution in [-0.4, -0.2) is 25.7 Å². The smallest absolute Gasteiger partial charge is 0.129 e. The molecule has 1 fully saturated rings. The number of benzene rings is 1. The molecule has 1 aliphatic carbocycles. The molecule has 100 valence electrons. The zero-order valence-corrected chi connectivity index (χ0v) is 10.5. The maximum absolute atomic E-state index is 13.3. The Hall–Kier alpha value is -1.00. The van der Waals surface area contributed by atoms with E-state index in [2.05, 4.69) is 10.6 Å². The molecule has 1 aromatic carbocycles. The molecule has 0 heterocycles. The van der Waals surface area contributed by atoms with Crippen LogP contribution in [0.4, 0.5) is 8.78 Å². The largest absolute Gasteiger partial charge is 0.316 e. The fourth-order valence-electron chi connectivity index (χ4n) is 1.92. The molecule has 0 amide bonds. The minimum Gasteiger partial charge on any atom is -0.316 e. The van der Waals surface area contributed by atoms with Gasteiger partial charge in [0.2, 0.25) is 0 Å². The van der Waals surface area contributed by atoms with Crippen molar-refractivity contribution in [3.05, 3.63) is 35.4 Å². The normalized spacial score (nSPS) is 15.0. The zero-order valence-electron chi connectivity index (χ0n) is 10.5. The van der Waals surface area contributed by atoms with E-state index in [4.69, 9.17) is 0 Å². The van der Waals surface area contributed by atoms with Gasteiger partial charge in [-0.2, -0.15) is 0 Å². The van der Waals surface area contributed by atoms with Crippen molar-refractivity contribution >= 4 is 0 Å². The quantitative estimate of drug-likeness (QED) is 0.695. The van der Waals surface area contributed by atoms with Crippen molar-refractivity contribution in [1.82, 2.24) is 10.6 Å². The lowest BCUT2D eigenvalue weighted by Gasteiger charge is -2.07. The maximum atomic E-state index is 13.3. The zero-order chi connectivity index (χ0) is 12.8. The molecule has 1 saturated carbocycles. The Morgan fingerprint density at radius 3 is 2.44 bits per heavy atom. The number of halogens is 2. The Balaban J connectivity index is 1.56. The summed E-state index contributed by atoms with van der Waals surface area (Å²) in [7, 11) is 0. The van der Waals surface area contributed by atoms with Crippen molar-refractivity contribution < 1.29 is 8.78 Å². The van der Waals surface area contributed by atoms with Crippen LogP contribution in [0, 0.1) is 11.6 Å². The van der Waals surface area contributed by atoms with E-state index in [0.717, 1.165) is 25.6 Å². The fourth-order valence-corrected chi connectivity index (χ4v) is 1.92. The standard InChI is InChI=1S/C14H20F2N2/c15-13-3-1-4-14(16)12(13)7-10-17-8-2-9-18-11-5-6-11/h1,3-4,11,17-18H,2,5-10H2. The lowest BCUT2D eigenvalue weighted by molar-refractivity contribution is 0.541. The van der Waals surface area contributed by atoms with Gasteiger partial charge < -0.3 is 10.6 Å². The van der Waals surface area contributed by atoms with Crippen molar-refractivity contribution in [2.45, 2.75) is 31.7 Å². The van der Waals surface area contributed by atoms with E-state index >= 15 is 0 Å². The summed E-state index contributed by atoms with van der Waals surface area (Å²) in [5, 5.41) is 6.63. The third kappa shape index (κ3) is 4.35. The predicted molar refractivity (Wildman–Crippen MR) is 68.6 cm³/mol. The lowest BCUT2D eigenvalue weighted by atomic mass is 10.1. The predicted octanol–water partition coefficient (Wildman–Crippen LogP) is 2.24. The molecule has 2 rings (SSSR count). The van der Waals surface area contributed by atoms with E-state index < -0.39 is 11.6 Å². The molecule has 0 aliphatic heterocycles. The van der Waals surface area contributed by atoms with Gasteiger partial charge in [0.05, 0.1) is 0 Å². The lowest BCUT2D eigenvalue weighted by Crippen LogP contribution is -2.24. The fraction of sp³-hybridized carbons (Fsp3) is 0.571. The van der Waals surface area contributed by atoms with Gasteiger partial charge in [0.1, 0.15) is 11.6 Å². The Kier molecular flexibility index (Phi) is 5.08. The van der Waals surface area contributed by atoms with Gasteiger partial charge in [-0.15, -0.1) is 0 Å². The minimum atomic E-state index is -0.452. The van der Waals surface area contributed by atoms with Crippen LogP contribution in [0.15, 0.2) is 18.2 Å². The summed E-state index contributed by atoms with van der Waals surface area (Å²) in [6, 6.07) is 4.75. The van der Waals surface area contributed by atoms with E-state index in [1.54, 1.807) is 0 Å². The molecule has 0 bridgehead atoms. The SMILES string of the molecule is Fc1cccc(F)c1CCNCCCNC1CC1. The van der Waals surface area contributed by atoms with E-state index in [1.165, 1.54) is 31.0 Å². The van der Waals surface area contributed by atoms with Crippen molar-refractivity contribution in [3.63, 3.8) is 0 Å². The van der Waals surface area contributed by atoms with Gasteiger partial charge in [-0.3, -0.25) is 0 Å². The van der Waals surface area contributed by atoms with E-state index in [0.29, 0.717) is 13.0 Å². The van der Waals surface area contributed by atoms with Crippen LogP contribution in [0.25, 0.3) is 0 Å². The molecule has 4 heteroatoms. The average molecular weight is 254 g/mol. The van der Waals surface area contributed by atoms with Crippen molar-refractivity contribution in [1.29, 1.82) is 0 Å². The maximum Gasteiger partial charge on any atom is 0.129 e. The van der Waals surface area contributed by atoms with Crippen LogP contribution < -0.4 is 10.6 Å². The van der Waals surface area contributed by atoms with Gasteiger partial charge in [-0.1, -0.05) is 6.07 Å². The molecular weight excluding hydrogens is 234 g/mol. The summed E-state index contributed by atoms with van der Waals surface area (Å²) in [4.78, 5) is 0. The van der Waals surface area contributed by atoms with Crippen molar-refractivity contribution in [2.75, 3.05) is 19.6 Å². The van der Waals surface area contributed by atoms with Gasteiger partial charge in [0.25, 0.3) is 0 Å². The van der Waals surface area contributed by atoms with Gasteiger partial charge in [-0.25, -0.2) is 8.78 Å². The van der Waals surface area contributed by atoms with E-state index in [-0.39, 0.29) is 5.56 Å². The molecule has 1 aliphatic rings. The summed E-state index contributed by atoms with van der Waals surface area (Å²) < 4.78 is 26.6. The average Bonchev–Trinajstić information content (AvgIpc) is 3.15. The molecule has 2 nitrogen and oxygen atoms in total. The molecule has 0 spiro atoms. The second-order valence-electron chi connectivity index (χ2n) is 4.78. The Bertz CT molecular complexity index is 358. The Labute approximate surface area is 107 Å².